The maximum atomic E-state index is 11.4. The first-order chi connectivity index (χ1) is 7.48. The molecule has 3 nitrogen and oxygen atoms in total. The van der Waals surface area contributed by atoms with Crippen LogP contribution in [0.2, 0.25) is 0 Å². The predicted molar refractivity (Wildman–Crippen MR) is 58.9 cm³/mol. The molecule has 3 aliphatic carbocycles. The minimum atomic E-state index is -0.489. The Kier molecular flexibility index (Phi) is 1.79. The second-order valence-corrected chi connectivity index (χ2v) is 5.93. The zero-order chi connectivity index (χ0) is 11.6. The van der Waals surface area contributed by atoms with Crippen molar-refractivity contribution in [2.75, 3.05) is 0 Å². The van der Waals surface area contributed by atoms with E-state index in [1.54, 1.807) is 0 Å². The first-order valence-electron chi connectivity index (χ1n) is 6.06. The lowest BCUT2D eigenvalue weighted by Crippen LogP contribution is -2.57. The zero-order valence-electron chi connectivity index (χ0n) is 10.0. The molecular weight excluding hydrogens is 204 g/mol. The molecule has 4 aliphatic rings. The summed E-state index contributed by atoms with van der Waals surface area (Å²) >= 11 is 0. The number of rotatable bonds is 1. The van der Waals surface area contributed by atoms with Crippen LogP contribution in [0.5, 0.6) is 0 Å². The molecule has 4 unspecified atom stereocenters. The van der Waals surface area contributed by atoms with Crippen LogP contribution >= 0.6 is 0 Å². The van der Waals surface area contributed by atoms with Crippen LogP contribution in [0.25, 0.3) is 0 Å². The number of hydrogen-bond acceptors (Lipinski definition) is 3. The first-order valence-corrected chi connectivity index (χ1v) is 6.06. The third-order valence-corrected chi connectivity index (χ3v) is 4.85. The van der Waals surface area contributed by atoms with Gasteiger partial charge in [0.05, 0.1) is 0 Å². The average Bonchev–Trinajstić information content (AvgIpc) is 2.63. The highest BCUT2D eigenvalue weighted by Gasteiger charge is 2.63. The Morgan fingerprint density at radius 2 is 1.94 bits per heavy atom. The maximum Gasteiger partial charge on any atom is 0.509 e. The lowest BCUT2D eigenvalue weighted by Gasteiger charge is -2.54. The Balaban J connectivity index is 2.09. The molecule has 88 valence electrons. The summed E-state index contributed by atoms with van der Waals surface area (Å²) in [5.41, 5.74) is -0.0257. The van der Waals surface area contributed by atoms with E-state index in [1.165, 1.54) is 0 Å². The van der Waals surface area contributed by atoms with Crippen LogP contribution in [0, 0.1) is 16.7 Å². The third-order valence-electron chi connectivity index (χ3n) is 4.85. The maximum absolute atomic E-state index is 11.4. The van der Waals surface area contributed by atoms with Crippen LogP contribution in [0.15, 0.2) is 12.2 Å². The number of ether oxygens (including phenoxy) is 2. The molecule has 0 aromatic heterocycles. The molecule has 0 N–H and O–H groups in total. The summed E-state index contributed by atoms with van der Waals surface area (Å²) in [4.78, 5) is 11.4. The normalized spacial score (nSPS) is 49.1. The lowest BCUT2D eigenvalue weighted by atomic mass is 9.52. The van der Waals surface area contributed by atoms with E-state index in [2.05, 4.69) is 32.9 Å². The van der Waals surface area contributed by atoms with Crippen molar-refractivity contribution in [3.8, 4) is 0 Å². The zero-order valence-corrected chi connectivity index (χ0v) is 10.0. The van der Waals surface area contributed by atoms with Gasteiger partial charge in [0.15, 0.2) is 12.2 Å². The minimum absolute atomic E-state index is 0.00537. The van der Waals surface area contributed by atoms with Crippen molar-refractivity contribution >= 4 is 6.16 Å². The standard InChI is InChI=1S/C13H18O3/c1-8(2)13-6-4-12(3,5-7-13)9-10(13)16-11(14)15-9/h4,6,8-10H,5,7H2,1-3H3. The highest BCUT2D eigenvalue weighted by atomic mass is 16.8. The molecule has 1 saturated carbocycles. The van der Waals surface area contributed by atoms with Gasteiger partial charge in [-0.05, 0) is 18.8 Å². The molecule has 1 saturated heterocycles. The molecule has 0 amide bonds. The molecule has 2 fully saturated rings. The monoisotopic (exact) mass is 222 g/mol. The van der Waals surface area contributed by atoms with Crippen molar-refractivity contribution in [1.29, 1.82) is 0 Å². The smallest absolute Gasteiger partial charge is 0.426 e. The van der Waals surface area contributed by atoms with Crippen LogP contribution in [0.1, 0.15) is 33.6 Å². The van der Waals surface area contributed by atoms with E-state index in [0.717, 1.165) is 12.8 Å². The van der Waals surface area contributed by atoms with Crippen molar-refractivity contribution in [2.24, 2.45) is 16.7 Å². The second-order valence-electron chi connectivity index (χ2n) is 5.93. The molecule has 4 rings (SSSR count). The summed E-state index contributed by atoms with van der Waals surface area (Å²) in [6.07, 6.45) is 6.03. The molecule has 0 aromatic carbocycles. The van der Waals surface area contributed by atoms with Crippen molar-refractivity contribution in [3.63, 3.8) is 0 Å². The molecule has 3 heteroatoms. The van der Waals surface area contributed by atoms with Crippen LogP contribution in [-0.4, -0.2) is 18.4 Å². The van der Waals surface area contributed by atoms with Crippen LogP contribution in [0.4, 0.5) is 4.79 Å². The third kappa shape index (κ3) is 1.01. The summed E-state index contributed by atoms with van der Waals surface area (Å²) in [5, 5.41) is 0. The van der Waals surface area contributed by atoms with Gasteiger partial charge in [0.25, 0.3) is 0 Å². The second kappa shape index (κ2) is 2.82. The molecule has 2 bridgehead atoms. The lowest BCUT2D eigenvalue weighted by molar-refractivity contribution is -0.0797. The van der Waals surface area contributed by atoms with Crippen molar-refractivity contribution in [1.82, 2.24) is 0 Å². The Hall–Kier alpha value is -0.990. The van der Waals surface area contributed by atoms with Gasteiger partial charge in [0.2, 0.25) is 0 Å². The summed E-state index contributed by atoms with van der Waals surface area (Å²) in [6, 6.07) is 0. The largest absolute Gasteiger partial charge is 0.509 e. The van der Waals surface area contributed by atoms with Gasteiger partial charge in [-0.1, -0.05) is 32.9 Å². The topological polar surface area (TPSA) is 35.5 Å². The molecule has 16 heavy (non-hydrogen) atoms. The SMILES string of the molecule is CC(C)C12C=CC(C)(CC1)C1OC(=O)OC12. The predicted octanol–water partition coefficient (Wildman–Crippen LogP) is 2.90. The van der Waals surface area contributed by atoms with Crippen molar-refractivity contribution < 1.29 is 14.3 Å². The van der Waals surface area contributed by atoms with Gasteiger partial charge < -0.3 is 9.47 Å². The van der Waals surface area contributed by atoms with E-state index in [0.29, 0.717) is 5.92 Å². The Labute approximate surface area is 95.8 Å². The Morgan fingerprint density at radius 1 is 1.25 bits per heavy atom. The molecule has 4 atom stereocenters. The molecule has 1 heterocycles. The van der Waals surface area contributed by atoms with Gasteiger partial charge >= 0.3 is 6.16 Å². The molecule has 1 aliphatic heterocycles. The molecule has 0 spiro atoms. The highest BCUT2D eigenvalue weighted by molar-refractivity contribution is 5.64. The fraction of sp³-hybridized carbons (Fsp3) is 0.769. The summed E-state index contributed by atoms with van der Waals surface area (Å²) in [5.74, 6) is 0.468. The number of carbonyl (C=O) groups is 1. The van der Waals surface area contributed by atoms with Crippen LogP contribution < -0.4 is 0 Å². The van der Waals surface area contributed by atoms with E-state index >= 15 is 0 Å². The first kappa shape index (κ1) is 10.2. The van der Waals surface area contributed by atoms with Crippen LogP contribution in [-0.2, 0) is 9.47 Å². The Bertz CT molecular complexity index is 373. The van der Waals surface area contributed by atoms with Crippen molar-refractivity contribution in [3.05, 3.63) is 12.2 Å². The van der Waals surface area contributed by atoms with Gasteiger partial charge in [-0.25, -0.2) is 4.79 Å². The molecular formula is C13H18O3. The van der Waals surface area contributed by atoms with Gasteiger partial charge in [0, 0.05) is 10.8 Å². The molecule has 0 radical (unpaired) electrons. The Morgan fingerprint density at radius 3 is 2.50 bits per heavy atom. The number of carbonyl (C=O) groups excluding carboxylic acids is 1. The fourth-order valence-corrected chi connectivity index (χ4v) is 3.51. The number of hydrogen-bond donors (Lipinski definition) is 0. The summed E-state index contributed by atoms with van der Waals surface area (Å²) < 4.78 is 10.8. The average molecular weight is 222 g/mol. The number of fused-ring (bicyclic) bond motifs is 1. The van der Waals surface area contributed by atoms with Gasteiger partial charge in [0.1, 0.15) is 0 Å². The highest BCUT2D eigenvalue weighted by Crippen LogP contribution is 2.59. The van der Waals surface area contributed by atoms with E-state index < -0.39 is 6.16 Å². The fourth-order valence-electron chi connectivity index (χ4n) is 3.51. The van der Waals surface area contributed by atoms with Gasteiger partial charge in [-0.15, -0.1) is 0 Å². The van der Waals surface area contributed by atoms with E-state index in [9.17, 15) is 4.79 Å². The van der Waals surface area contributed by atoms with Gasteiger partial charge in [-0.3, -0.25) is 0 Å². The van der Waals surface area contributed by atoms with Crippen molar-refractivity contribution in [2.45, 2.75) is 45.8 Å². The summed E-state index contributed by atoms with van der Waals surface area (Å²) in [7, 11) is 0. The van der Waals surface area contributed by atoms with E-state index in [-0.39, 0.29) is 23.0 Å². The quantitative estimate of drug-likeness (QED) is 0.505. The molecule has 0 aromatic rings. The van der Waals surface area contributed by atoms with E-state index in [1.807, 2.05) is 0 Å². The van der Waals surface area contributed by atoms with Crippen LogP contribution in [0.3, 0.4) is 0 Å². The minimum Gasteiger partial charge on any atom is -0.426 e. The van der Waals surface area contributed by atoms with E-state index in [4.69, 9.17) is 9.47 Å². The summed E-state index contributed by atoms with van der Waals surface area (Å²) in [6.45, 7) is 6.55. The van der Waals surface area contributed by atoms with Gasteiger partial charge in [-0.2, -0.15) is 0 Å².